The van der Waals surface area contributed by atoms with Crippen molar-refractivity contribution >= 4 is 17.2 Å². The molecule has 0 saturated carbocycles. The van der Waals surface area contributed by atoms with Crippen LogP contribution in [0.4, 0.5) is 0 Å². The number of thiazole rings is 1. The summed E-state index contributed by atoms with van der Waals surface area (Å²) in [6.45, 7) is 4.10. The molecule has 0 unspecified atom stereocenters. The van der Waals surface area contributed by atoms with E-state index in [0.29, 0.717) is 5.69 Å². The lowest BCUT2D eigenvalue weighted by Gasteiger charge is -2.25. The van der Waals surface area contributed by atoms with Crippen LogP contribution in [0.3, 0.4) is 0 Å². The van der Waals surface area contributed by atoms with E-state index in [4.69, 9.17) is 14.9 Å². The number of nitrogens with zero attached hydrogens (tertiary/aromatic N) is 3. The lowest BCUT2D eigenvalue weighted by Crippen LogP contribution is -2.36. The van der Waals surface area contributed by atoms with Crippen LogP contribution in [0.1, 0.15) is 15.5 Å². The first-order valence-corrected chi connectivity index (χ1v) is 7.88. The number of amides is 1. The number of ether oxygens (including phenoxy) is 1. The van der Waals surface area contributed by atoms with E-state index in [1.807, 2.05) is 0 Å². The highest BCUT2D eigenvalue weighted by Gasteiger charge is 2.19. The number of aliphatic hydroxyl groups excluding tert-OH is 2. The predicted molar refractivity (Wildman–Crippen MR) is 78.3 cm³/mol. The number of hydrogen-bond donors (Lipinski definition) is 2. The second-order valence-corrected chi connectivity index (χ2v) is 5.70. The summed E-state index contributed by atoms with van der Waals surface area (Å²) < 4.78 is 5.30. The van der Waals surface area contributed by atoms with Gasteiger partial charge in [0.25, 0.3) is 5.91 Å². The van der Waals surface area contributed by atoms with Crippen molar-refractivity contribution in [2.45, 2.75) is 6.54 Å². The van der Waals surface area contributed by atoms with Gasteiger partial charge in [-0.2, -0.15) is 0 Å². The average molecular weight is 315 g/mol. The quantitative estimate of drug-likeness (QED) is 0.699. The number of carbonyl (C=O) groups is 1. The molecule has 1 fully saturated rings. The summed E-state index contributed by atoms with van der Waals surface area (Å²) in [6, 6.07) is 0. The molecule has 1 aromatic rings. The molecule has 1 aromatic heterocycles. The van der Waals surface area contributed by atoms with E-state index in [2.05, 4.69) is 9.88 Å². The number of aromatic nitrogens is 1. The van der Waals surface area contributed by atoms with Gasteiger partial charge in [0.15, 0.2) is 0 Å². The number of hydrogen-bond acceptors (Lipinski definition) is 7. The summed E-state index contributed by atoms with van der Waals surface area (Å²) in [6.07, 6.45) is 0. The Hall–Kier alpha value is -1.06. The third-order valence-electron chi connectivity index (χ3n) is 3.26. The zero-order valence-corrected chi connectivity index (χ0v) is 12.7. The van der Waals surface area contributed by atoms with Crippen molar-refractivity contribution in [3.05, 3.63) is 16.1 Å². The molecule has 118 valence electrons. The van der Waals surface area contributed by atoms with Crippen LogP contribution in [0.2, 0.25) is 0 Å². The van der Waals surface area contributed by atoms with E-state index in [9.17, 15) is 4.79 Å². The number of rotatable bonds is 7. The minimum atomic E-state index is -0.248. The van der Waals surface area contributed by atoms with Crippen LogP contribution >= 0.6 is 11.3 Å². The second kappa shape index (κ2) is 8.40. The molecule has 1 aliphatic heterocycles. The molecule has 0 aliphatic carbocycles. The van der Waals surface area contributed by atoms with E-state index in [-0.39, 0.29) is 32.2 Å². The fraction of sp³-hybridized carbons (Fsp3) is 0.692. The molecule has 1 saturated heterocycles. The molecular formula is C13H21N3O4S. The highest BCUT2D eigenvalue weighted by atomic mass is 32.1. The van der Waals surface area contributed by atoms with Crippen molar-refractivity contribution in [1.82, 2.24) is 14.8 Å². The Labute approximate surface area is 127 Å². The minimum Gasteiger partial charge on any atom is -0.395 e. The van der Waals surface area contributed by atoms with Crippen LogP contribution in [0, 0.1) is 0 Å². The van der Waals surface area contributed by atoms with Gasteiger partial charge >= 0.3 is 0 Å². The van der Waals surface area contributed by atoms with E-state index in [1.54, 1.807) is 5.38 Å². The Bertz CT molecular complexity index is 442. The van der Waals surface area contributed by atoms with Gasteiger partial charge in [0, 0.05) is 31.6 Å². The third kappa shape index (κ3) is 4.72. The van der Waals surface area contributed by atoms with E-state index in [1.165, 1.54) is 16.2 Å². The van der Waals surface area contributed by atoms with Crippen LogP contribution in [0.25, 0.3) is 0 Å². The molecule has 7 nitrogen and oxygen atoms in total. The van der Waals surface area contributed by atoms with Crippen LogP contribution in [-0.4, -0.2) is 83.5 Å². The molecule has 0 aromatic carbocycles. The van der Waals surface area contributed by atoms with Crippen LogP contribution in [0.15, 0.2) is 5.38 Å². The monoisotopic (exact) mass is 315 g/mol. The maximum atomic E-state index is 12.2. The lowest BCUT2D eigenvalue weighted by atomic mass is 10.3. The topological polar surface area (TPSA) is 86.1 Å². The van der Waals surface area contributed by atoms with Crippen molar-refractivity contribution in [2.75, 3.05) is 52.6 Å². The number of carbonyl (C=O) groups excluding carboxylic acids is 1. The summed E-state index contributed by atoms with van der Waals surface area (Å²) in [5.41, 5.74) is 0.380. The fourth-order valence-corrected chi connectivity index (χ4v) is 2.96. The average Bonchev–Trinajstić information content (AvgIpc) is 2.96. The van der Waals surface area contributed by atoms with Crippen molar-refractivity contribution in [1.29, 1.82) is 0 Å². The Balaban J connectivity index is 1.95. The second-order valence-electron chi connectivity index (χ2n) is 4.75. The molecule has 8 heteroatoms. The van der Waals surface area contributed by atoms with Gasteiger partial charge in [-0.15, -0.1) is 11.3 Å². The molecule has 2 N–H and O–H groups in total. The Kier molecular flexibility index (Phi) is 6.52. The predicted octanol–water partition coefficient (Wildman–Crippen LogP) is -0.598. The molecule has 0 atom stereocenters. The maximum absolute atomic E-state index is 12.2. The van der Waals surface area contributed by atoms with Gasteiger partial charge in [0.05, 0.1) is 33.0 Å². The van der Waals surface area contributed by atoms with E-state index < -0.39 is 0 Å². The summed E-state index contributed by atoms with van der Waals surface area (Å²) in [4.78, 5) is 20.3. The lowest BCUT2D eigenvalue weighted by molar-refractivity contribution is 0.0341. The first kappa shape index (κ1) is 16.3. The summed E-state index contributed by atoms with van der Waals surface area (Å²) in [5, 5.41) is 20.6. The summed E-state index contributed by atoms with van der Waals surface area (Å²) >= 11 is 1.46. The van der Waals surface area contributed by atoms with Gasteiger partial charge in [-0.3, -0.25) is 9.69 Å². The summed E-state index contributed by atoms with van der Waals surface area (Å²) in [7, 11) is 0. The zero-order chi connectivity index (χ0) is 15.1. The Morgan fingerprint density at radius 2 is 2.00 bits per heavy atom. The molecule has 0 bridgehead atoms. The van der Waals surface area contributed by atoms with Crippen LogP contribution < -0.4 is 0 Å². The Morgan fingerprint density at radius 1 is 1.33 bits per heavy atom. The Morgan fingerprint density at radius 3 is 2.62 bits per heavy atom. The molecule has 1 aliphatic rings. The molecule has 0 radical (unpaired) electrons. The van der Waals surface area contributed by atoms with Gasteiger partial charge in [-0.1, -0.05) is 0 Å². The molecular weight excluding hydrogens is 294 g/mol. The van der Waals surface area contributed by atoms with Gasteiger partial charge < -0.3 is 19.8 Å². The smallest absolute Gasteiger partial charge is 0.273 e. The SMILES string of the molecule is O=C(c1csc(CN2CCOCC2)n1)N(CCO)CCO. The largest absolute Gasteiger partial charge is 0.395 e. The first-order valence-electron chi connectivity index (χ1n) is 7.00. The van der Waals surface area contributed by atoms with Crippen molar-refractivity contribution in [3.63, 3.8) is 0 Å². The van der Waals surface area contributed by atoms with Crippen LogP contribution in [-0.2, 0) is 11.3 Å². The van der Waals surface area contributed by atoms with Gasteiger partial charge in [-0.05, 0) is 0 Å². The maximum Gasteiger partial charge on any atom is 0.273 e. The standard InChI is InChI=1S/C13H21N3O4S/c17-5-1-16(2-6-18)13(19)11-10-21-12(14-11)9-15-3-7-20-8-4-15/h10,17-18H,1-9H2. The molecule has 2 rings (SSSR count). The van der Waals surface area contributed by atoms with Gasteiger partial charge in [0.1, 0.15) is 10.7 Å². The number of aliphatic hydroxyl groups is 2. The van der Waals surface area contributed by atoms with Gasteiger partial charge in [-0.25, -0.2) is 4.98 Å². The molecule has 21 heavy (non-hydrogen) atoms. The third-order valence-corrected chi connectivity index (χ3v) is 4.09. The van der Waals surface area contributed by atoms with Crippen molar-refractivity contribution < 1.29 is 19.7 Å². The van der Waals surface area contributed by atoms with Crippen molar-refractivity contribution in [3.8, 4) is 0 Å². The van der Waals surface area contributed by atoms with Crippen LogP contribution in [0.5, 0.6) is 0 Å². The first-order chi connectivity index (χ1) is 10.2. The molecule has 0 spiro atoms. The normalized spacial score (nSPS) is 16.1. The minimum absolute atomic E-state index is 0.128. The van der Waals surface area contributed by atoms with Gasteiger partial charge in [0.2, 0.25) is 0 Å². The summed E-state index contributed by atoms with van der Waals surface area (Å²) in [5.74, 6) is -0.248. The van der Waals surface area contributed by atoms with Crippen molar-refractivity contribution in [2.24, 2.45) is 0 Å². The highest BCUT2D eigenvalue weighted by molar-refractivity contribution is 7.09. The highest BCUT2D eigenvalue weighted by Crippen LogP contribution is 2.15. The molecule has 2 heterocycles. The van der Waals surface area contributed by atoms with E-state index >= 15 is 0 Å². The fourth-order valence-electron chi connectivity index (χ4n) is 2.15. The zero-order valence-electron chi connectivity index (χ0n) is 11.9. The molecule has 1 amide bonds. The van der Waals surface area contributed by atoms with E-state index in [0.717, 1.165) is 37.9 Å². The number of morpholine rings is 1.